The predicted molar refractivity (Wildman–Crippen MR) is 99.5 cm³/mol. The third kappa shape index (κ3) is 4.54. The quantitative estimate of drug-likeness (QED) is 0.718. The molecular formula is C18H18N4O3S. The lowest BCUT2D eigenvalue weighted by atomic mass is 10.1. The van der Waals surface area contributed by atoms with Crippen LogP contribution >= 0.6 is 0 Å². The molecule has 134 valence electrons. The Kier molecular flexibility index (Phi) is 4.85. The summed E-state index contributed by atoms with van der Waals surface area (Å²) in [4.78, 5) is 16.8. The Hall–Kier alpha value is -3.00. The molecule has 0 radical (unpaired) electrons. The number of aryl methyl sites for hydroxylation is 1. The van der Waals surface area contributed by atoms with Gasteiger partial charge in [0.2, 0.25) is 0 Å². The molecule has 0 bridgehead atoms. The number of hydrogen-bond donors (Lipinski definition) is 2. The Morgan fingerprint density at radius 1 is 1.15 bits per heavy atom. The number of rotatable bonds is 5. The molecule has 1 heterocycles. The molecule has 0 saturated heterocycles. The van der Waals surface area contributed by atoms with Gasteiger partial charge in [0.15, 0.2) is 15.7 Å². The molecule has 0 fully saturated rings. The van der Waals surface area contributed by atoms with Gasteiger partial charge in [0.25, 0.3) is 5.91 Å². The SMILES string of the molecule is Cc1nc(-c2cccc(NC(=O)c3cccc(CS(C)(=O)=O)c3)c2)n[nH]1. The minimum atomic E-state index is -3.16. The zero-order valence-electron chi connectivity index (χ0n) is 14.4. The number of nitrogens with one attached hydrogen (secondary N) is 2. The van der Waals surface area contributed by atoms with E-state index in [-0.39, 0.29) is 11.7 Å². The lowest BCUT2D eigenvalue weighted by Crippen LogP contribution is -2.12. The van der Waals surface area contributed by atoms with Gasteiger partial charge < -0.3 is 5.32 Å². The molecule has 1 amide bonds. The van der Waals surface area contributed by atoms with Crippen molar-refractivity contribution in [1.82, 2.24) is 15.2 Å². The van der Waals surface area contributed by atoms with Crippen molar-refractivity contribution in [3.8, 4) is 11.4 Å². The van der Waals surface area contributed by atoms with Gasteiger partial charge in [-0.2, -0.15) is 5.10 Å². The first kappa shape index (κ1) is 17.8. The normalized spacial score (nSPS) is 11.3. The first-order chi connectivity index (χ1) is 12.3. The number of aromatic amines is 1. The molecule has 0 unspecified atom stereocenters. The van der Waals surface area contributed by atoms with E-state index in [1.807, 2.05) is 13.0 Å². The maximum absolute atomic E-state index is 12.5. The van der Waals surface area contributed by atoms with Gasteiger partial charge >= 0.3 is 0 Å². The molecule has 0 aliphatic heterocycles. The highest BCUT2D eigenvalue weighted by atomic mass is 32.2. The van der Waals surface area contributed by atoms with Crippen molar-refractivity contribution < 1.29 is 13.2 Å². The number of H-pyrrole nitrogens is 1. The third-order valence-electron chi connectivity index (χ3n) is 3.59. The Bertz CT molecular complexity index is 1060. The van der Waals surface area contributed by atoms with Crippen LogP contribution in [0.5, 0.6) is 0 Å². The van der Waals surface area contributed by atoms with Gasteiger partial charge in [0, 0.05) is 23.1 Å². The Labute approximate surface area is 151 Å². The van der Waals surface area contributed by atoms with Crippen LogP contribution in [0.3, 0.4) is 0 Å². The van der Waals surface area contributed by atoms with E-state index < -0.39 is 9.84 Å². The monoisotopic (exact) mass is 370 g/mol. The number of carbonyl (C=O) groups excluding carboxylic acids is 1. The average Bonchev–Trinajstić information content (AvgIpc) is 3.00. The Morgan fingerprint density at radius 2 is 1.92 bits per heavy atom. The predicted octanol–water partition coefficient (Wildman–Crippen LogP) is 2.58. The van der Waals surface area contributed by atoms with Gasteiger partial charge in [-0.15, -0.1) is 0 Å². The average molecular weight is 370 g/mol. The molecule has 0 atom stereocenters. The van der Waals surface area contributed by atoms with E-state index in [1.54, 1.807) is 42.5 Å². The third-order valence-corrected chi connectivity index (χ3v) is 4.45. The van der Waals surface area contributed by atoms with Crippen molar-refractivity contribution in [3.63, 3.8) is 0 Å². The first-order valence-corrected chi connectivity index (χ1v) is 9.94. The van der Waals surface area contributed by atoms with Crippen LogP contribution in [0, 0.1) is 6.92 Å². The molecule has 7 nitrogen and oxygen atoms in total. The molecule has 0 aliphatic rings. The summed E-state index contributed by atoms with van der Waals surface area (Å²) in [6.07, 6.45) is 1.16. The summed E-state index contributed by atoms with van der Waals surface area (Å²) >= 11 is 0. The molecule has 0 aliphatic carbocycles. The summed E-state index contributed by atoms with van der Waals surface area (Å²) in [6.45, 7) is 1.81. The highest BCUT2D eigenvalue weighted by molar-refractivity contribution is 7.89. The topological polar surface area (TPSA) is 105 Å². The number of hydrogen-bond acceptors (Lipinski definition) is 5. The van der Waals surface area contributed by atoms with Gasteiger partial charge in [0.1, 0.15) is 5.82 Å². The Morgan fingerprint density at radius 3 is 2.62 bits per heavy atom. The first-order valence-electron chi connectivity index (χ1n) is 7.88. The van der Waals surface area contributed by atoms with E-state index in [4.69, 9.17) is 0 Å². The summed E-state index contributed by atoms with van der Waals surface area (Å²) < 4.78 is 22.9. The number of sulfone groups is 1. The van der Waals surface area contributed by atoms with Crippen LogP contribution in [0.1, 0.15) is 21.7 Å². The van der Waals surface area contributed by atoms with Gasteiger partial charge in [-0.25, -0.2) is 13.4 Å². The minimum absolute atomic E-state index is 0.103. The van der Waals surface area contributed by atoms with Gasteiger partial charge in [0.05, 0.1) is 5.75 Å². The lowest BCUT2D eigenvalue weighted by Gasteiger charge is -2.08. The molecule has 2 aromatic carbocycles. The Balaban J connectivity index is 1.79. The fourth-order valence-electron chi connectivity index (χ4n) is 2.52. The van der Waals surface area contributed by atoms with E-state index in [0.29, 0.717) is 28.5 Å². The fraction of sp³-hybridized carbons (Fsp3) is 0.167. The van der Waals surface area contributed by atoms with Crippen molar-refractivity contribution in [1.29, 1.82) is 0 Å². The van der Waals surface area contributed by atoms with Crippen LogP contribution in [-0.2, 0) is 15.6 Å². The molecule has 0 spiro atoms. The van der Waals surface area contributed by atoms with Crippen LogP contribution in [0.4, 0.5) is 5.69 Å². The maximum atomic E-state index is 12.5. The number of carbonyl (C=O) groups is 1. The van der Waals surface area contributed by atoms with Crippen LogP contribution in [-0.4, -0.2) is 35.8 Å². The van der Waals surface area contributed by atoms with Gasteiger partial charge in [-0.1, -0.05) is 24.3 Å². The largest absolute Gasteiger partial charge is 0.322 e. The standard InChI is InChI=1S/C18H18N4O3S/c1-12-19-17(22-21-12)14-6-4-8-16(10-14)20-18(23)15-7-3-5-13(9-15)11-26(2,24)25/h3-10H,11H2,1-2H3,(H,20,23)(H,19,21,22). The lowest BCUT2D eigenvalue weighted by molar-refractivity contribution is 0.102. The number of aromatic nitrogens is 3. The second-order valence-corrected chi connectivity index (χ2v) is 8.19. The summed E-state index contributed by atoms with van der Waals surface area (Å²) in [5, 5.41) is 9.70. The molecule has 2 N–H and O–H groups in total. The van der Waals surface area contributed by atoms with Crippen molar-refractivity contribution >= 4 is 21.4 Å². The van der Waals surface area contributed by atoms with E-state index in [2.05, 4.69) is 20.5 Å². The molecule has 0 saturated carbocycles. The summed E-state index contributed by atoms with van der Waals surface area (Å²) in [6, 6.07) is 13.8. The molecule has 26 heavy (non-hydrogen) atoms. The fourth-order valence-corrected chi connectivity index (χ4v) is 3.30. The second-order valence-electron chi connectivity index (χ2n) is 6.05. The van der Waals surface area contributed by atoms with E-state index in [9.17, 15) is 13.2 Å². The highest BCUT2D eigenvalue weighted by Crippen LogP contribution is 2.20. The van der Waals surface area contributed by atoms with Crippen molar-refractivity contribution in [2.75, 3.05) is 11.6 Å². The van der Waals surface area contributed by atoms with Crippen molar-refractivity contribution in [2.24, 2.45) is 0 Å². The molecule has 8 heteroatoms. The zero-order chi connectivity index (χ0) is 18.7. The maximum Gasteiger partial charge on any atom is 0.255 e. The summed E-state index contributed by atoms with van der Waals surface area (Å²) in [5.41, 5.74) is 2.34. The van der Waals surface area contributed by atoms with E-state index in [1.165, 1.54) is 0 Å². The van der Waals surface area contributed by atoms with Gasteiger partial charge in [-0.3, -0.25) is 9.89 Å². The summed E-state index contributed by atoms with van der Waals surface area (Å²) in [7, 11) is -3.16. The number of amides is 1. The van der Waals surface area contributed by atoms with Crippen LogP contribution < -0.4 is 5.32 Å². The molecular weight excluding hydrogens is 352 g/mol. The number of nitrogens with zero attached hydrogens (tertiary/aromatic N) is 2. The van der Waals surface area contributed by atoms with E-state index >= 15 is 0 Å². The molecule has 3 rings (SSSR count). The molecule has 1 aromatic heterocycles. The highest BCUT2D eigenvalue weighted by Gasteiger charge is 2.11. The number of anilines is 1. The number of benzene rings is 2. The van der Waals surface area contributed by atoms with Crippen LogP contribution in [0.2, 0.25) is 0 Å². The van der Waals surface area contributed by atoms with Crippen LogP contribution in [0.15, 0.2) is 48.5 Å². The summed E-state index contributed by atoms with van der Waals surface area (Å²) in [5.74, 6) is 0.836. The smallest absolute Gasteiger partial charge is 0.255 e. The second kappa shape index (κ2) is 7.09. The van der Waals surface area contributed by atoms with Gasteiger partial charge in [-0.05, 0) is 36.8 Å². The molecule has 3 aromatic rings. The van der Waals surface area contributed by atoms with E-state index in [0.717, 1.165) is 11.8 Å². The van der Waals surface area contributed by atoms with Crippen molar-refractivity contribution in [2.45, 2.75) is 12.7 Å². The van der Waals surface area contributed by atoms with Crippen LogP contribution in [0.25, 0.3) is 11.4 Å². The zero-order valence-corrected chi connectivity index (χ0v) is 15.2. The minimum Gasteiger partial charge on any atom is -0.322 e. The van der Waals surface area contributed by atoms with Crippen molar-refractivity contribution in [3.05, 3.63) is 65.5 Å².